The Bertz CT molecular complexity index is 775. The molecule has 1 amide bonds. The molecular formula is C15H16F2N4O4. The molecule has 0 saturated carbocycles. The van der Waals surface area contributed by atoms with Gasteiger partial charge in [-0.1, -0.05) is 0 Å². The van der Waals surface area contributed by atoms with Gasteiger partial charge in [0.15, 0.2) is 0 Å². The first-order valence-corrected chi connectivity index (χ1v) is 7.36. The molecule has 2 rings (SSSR count). The van der Waals surface area contributed by atoms with Crippen LogP contribution in [-0.2, 0) is 11.3 Å². The number of carbonyl (C=O) groups is 1. The van der Waals surface area contributed by atoms with Gasteiger partial charge in [-0.3, -0.25) is 19.6 Å². The quantitative estimate of drug-likeness (QED) is 0.608. The van der Waals surface area contributed by atoms with Gasteiger partial charge < -0.3 is 10.1 Å². The number of aromatic nitrogens is 2. The summed E-state index contributed by atoms with van der Waals surface area (Å²) in [4.78, 5) is 22.0. The van der Waals surface area contributed by atoms with Crippen LogP contribution in [0.1, 0.15) is 24.7 Å². The molecule has 0 saturated heterocycles. The minimum atomic E-state index is -3.10. The van der Waals surface area contributed by atoms with Crippen LogP contribution in [0.2, 0.25) is 0 Å². The summed E-state index contributed by atoms with van der Waals surface area (Å²) < 4.78 is 31.9. The molecule has 1 aromatic heterocycles. The van der Waals surface area contributed by atoms with E-state index in [0.717, 1.165) is 4.68 Å². The summed E-state index contributed by atoms with van der Waals surface area (Å²) in [7, 11) is 0. The SMILES string of the molecule is CCOc1ccc(NC(=O)Cn2nc(C(F)F)c([N+](=O)[O-])c2C)cc1. The molecule has 134 valence electrons. The standard InChI is InChI=1S/C15H16F2N4O4/c1-3-25-11-6-4-10(5-7-11)18-12(22)8-20-9(2)14(21(23)24)13(19-20)15(16)17/h4-7,15H,3,8H2,1-2H3,(H,18,22). The van der Waals surface area contributed by atoms with Gasteiger partial charge in [0, 0.05) is 5.69 Å². The predicted octanol–water partition coefficient (Wildman–Crippen LogP) is 3.07. The number of nitro groups is 1. The Morgan fingerprint density at radius 3 is 2.52 bits per heavy atom. The lowest BCUT2D eigenvalue weighted by atomic mass is 10.3. The minimum absolute atomic E-state index is 0.109. The second kappa shape index (κ2) is 7.69. The van der Waals surface area contributed by atoms with Crippen molar-refractivity contribution in [1.29, 1.82) is 0 Å². The van der Waals surface area contributed by atoms with Gasteiger partial charge in [0.2, 0.25) is 11.6 Å². The van der Waals surface area contributed by atoms with Gasteiger partial charge in [-0.05, 0) is 38.1 Å². The predicted molar refractivity (Wildman–Crippen MR) is 84.8 cm³/mol. The maximum absolute atomic E-state index is 12.9. The van der Waals surface area contributed by atoms with Crippen LogP contribution < -0.4 is 10.1 Å². The molecule has 1 aromatic carbocycles. The summed E-state index contributed by atoms with van der Waals surface area (Å²) in [5, 5.41) is 17.0. The van der Waals surface area contributed by atoms with Crippen molar-refractivity contribution in [2.45, 2.75) is 26.8 Å². The molecule has 0 aliphatic rings. The number of rotatable bonds is 7. The van der Waals surface area contributed by atoms with Crippen molar-refractivity contribution in [3.63, 3.8) is 0 Å². The molecule has 1 N–H and O–H groups in total. The van der Waals surface area contributed by atoms with Crippen molar-refractivity contribution in [3.8, 4) is 5.75 Å². The highest BCUT2D eigenvalue weighted by molar-refractivity contribution is 5.90. The number of nitrogens with zero attached hydrogens (tertiary/aromatic N) is 3. The first kappa shape index (κ1) is 18.3. The highest BCUT2D eigenvalue weighted by atomic mass is 19.3. The zero-order chi connectivity index (χ0) is 18.6. The average molecular weight is 354 g/mol. The van der Waals surface area contributed by atoms with Gasteiger partial charge in [0.25, 0.3) is 6.43 Å². The fourth-order valence-corrected chi connectivity index (χ4v) is 2.22. The topological polar surface area (TPSA) is 99.3 Å². The van der Waals surface area contributed by atoms with E-state index in [9.17, 15) is 23.7 Å². The number of hydrogen-bond donors (Lipinski definition) is 1. The smallest absolute Gasteiger partial charge is 0.319 e. The second-order valence-corrected chi connectivity index (χ2v) is 5.04. The molecule has 1 heterocycles. The summed E-state index contributed by atoms with van der Waals surface area (Å²) in [6, 6.07) is 6.56. The Labute approximate surface area is 141 Å². The third-order valence-corrected chi connectivity index (χ3v) is 3.33. The Morgan fingerprint density at radius 1 is 1.40 bits per heavy atom. The van der Waals surface area contributed by atoms with E-state index in [0.29, 0.717) is 18.0 Å². The van der Waals surface area contributed by atoms with Crippen molar-refractivity contribution in [2.75, 3.05) is 11.9 Å². The van der Waals surface area contributed by atoms with E-state index < -0.39 is 35.2 Å². The zero-order valence-electron chi connectivity index (χ0n) is 13.5. The van der Waals surface area contributed by atoms with Gasteiger partial charge in [0.05, 0.1) is 11.5 Å². The number of carbonyl (C=O) groups excluding carboxylic acids is 1. The molecular weight excluding hydrogens is 338 g/mol. The number of halogens is 2. The number of anilines is 1. The van der Waals surface area contributed by atoms with Crippen molar-refractivity contribution in [1.82, 2.24) is 9.78 Å². The Kier molecular flexibility index (Phi) is 5.63. The zero-order valence-corrected chi connectivity index (χ0v) is 13.5. The first-order chi connectivity index (χ1) is 11.8. The van der Waals surface area contributed by atoms with Crippen LogP contribution in [0.5, 0.6) is 5.75 Å². The van der Waals surface area contributed by atoms with Crippen molar-refractivity contribution in [3.05, 3.63) is 45.8 Å². The number of alkyl halides is 2. The molecule has 0 fully saturated rings. The minimum Gasteiger partial charge on any atom is -0.494 e. The maximum atomic E-state index is 12.9. The Morgan fingerprint density at radius 2 is 2.04 bits per heavy atom. The van der Waals surface area contributed by atoms with Crippen LogP contribution in [0, 0.1) is 17.0 Å². The normalized spacial score (nSPS) is 10.8. The Hall–Kier alpha value is -3.04. The van der Waals surface area contributed by atoms with Crippen LogP contribution >= 0.6 is 0 Å². The van der Waals surface area contributed by atoms with Gasteiger partial charge in [-0.2, -0.15) is 5.10 Å². The lowest BCUT2D eigenvalue weighted by Crippen LogP contribution is -2.20. The molecule has 0 aliphatic heterocycles. The van der Waals surface area contributed by atoms with Crippen molar-refractivity contribution < 1.29 is 23.2 Å². The summed E-state index contributed by atoms with van der Waals surface area (Å²) in [6.07, 6.45) is -3.10. The van der Waals surface area contributed by atoms with Crippen LogP contribution in [-0.4, -0.2) is 27.2 Å². The maximum Gasteiger partial charge on any atom is 0.319 e. The highest BCUT2D eigenvalue weighted by Crippen LogP contribution is 2.30. The molecule has 10 heteroatoms. The molecule has 0 spiro atoms. The van der Waals surface area contributed by atoms with Crippen molar-refractivity contribution in [2.24, 2.45) is 0 Å². The fraction of sp³-hybridized carbons (Fsp3) is 0.333. The second-order valence-electron chi connectivity index (χ2n) is 5.04. The largest absolute Gasteiger partial charge is 0.494 e. The lowest BCUT2D eigenvalue weighted by Gasteiger charge is -2.08. The van der Waals surface area contributed by atoms with Crippen LogP contribution in [0.15, 0.2) is 24.3 Å². The molecule has 0 aliphatic carbocycles. The molecule has 25 heavy (non-hydrogen) atoms. The number of nitrogens with one attached hydrogen (secondary N) is 1. The molecule has 8 nitrogen and oxygen atoms in total. The van der Waals surface area contributed by atoms with E-state index in [-0.39, 0.29) is 5.69 Å². The fourth-order valence-electron chi connectivity index (χ4n) is 2.22. The van der Waals surface area contributed by atoms with E-state index in [1.54, 1.807) is 24.3 Å². The highest BCUT2D eigenvalue weighted by Gasteiger charge is 2.31. The lowest BCUT2D eigenvalue weighted by molar-refractivity contribution is -0.386. The number of benzene rings is 1. The van der Waals surface area contributed by atoms with Gasteiger partial charge >= 0.3 is 5.69 Å². The molecule has 0 atom stereocenters. The number of amides is 1. The average Bonchev–Trinajstić information content (AvgIpc) is 2.86. The summed E-state index contributed by atoms with van der Waals surface area (Å²) in [5.74, 6) is 0.0890. The van der Waals surface area contributed by atoms with E-state index in [4.69, 9.17) is 4.74 Å². The summed E-state index contributed by atoms with van der Waals surface area (Å²) >= 11 is 0. The van der Waals surface area contributed by atoms with E-state index >= 15 is 0 Å². The first-order valence-electron chi connectivity index (χ1n) is 7.36. The van der Waals surface area contributed by atoms with Crippen LogP contribution in [0.4, 0.5) is 20.2 Å². The third kappa shape index (κ3) is 4.28. The van der Waals surface area contributed by atoms with Crippen molar-refractivity contribution >= 4 is 17.3 Å². The third-order valence-electron chi connectivity index (χ3n) is 3.33. The summed E-state index contributed by atoms with van der Waals surface area (Å²) in [6.45, 7) is 3.19. The van der Waals surface area contributed by atoms with E-state index in [2.05, 4.69) is 10.4 Å². The number of hydrogen-bond acceptors (Lipinski definition) is 5. The number of ether oxygens (including phenoxy) is 1. The van der Waals surface area contributed by atoms with E-state index in [1.165, 1.54) is 6.92 Å². The molecule has 0 bridgehead atoms. The van der Waals surface area contributed by atoms with E-state index in [1.807, 2.05) is 6.92 Å². The van der Waals surface area contributed by atoms with Gasteiger partial charge in [-0.15, -0.1) is 0 Å². The summed E-state index contributed by atoms with van der Waals surface area (Å²) in [5.41, 5.74) is -1.36. The molecule has 0 unspecified atom stereocenters. The van der Waals surface area contributed by atoms with Crippen LogP contribution in [0.25, 0.3) is 0 Å². The van der Waals surface area contributed by atoms with Gasteiger partial charge in [0.1, 0.15) is 18.0 Å². The molecule has 0 radical (unpaired) electrons. The monoisotopic (exact) mass is 354 g/mol. The van der Waals surface area contributed by atoms with Crippen LogP contribution in [0.3, 0.4) is 0 Å². The van der Waals surface area contributed by atoms with Gasteiger partial charge in [-0.25, -0.2) is 8.78 Å². The Balaban J connectivity index is 2.12. The molecule has 2 aromatic rings.